The number of hydrogen-bond acceptors (Lipinski definition) is 4. The van der Waals surface area contributed by atoms with E-state index in [9.17, 15) is 4.79 Å². The molecule has 1 saturated heterocycles. The van der Waals surface area contributed by atoms with Crippen LogP contribution in [0.1, 0.15) is 19.5 Å². The Kier molecular flexibility index (Phi) is 3.54. The maximum Gasteiger partial charge on any atom is 0.271 e. The topological polar surface area (TPSA) is 58.2 Å². The normalized spacial score (nSPS) is 24.1. The quantitative estimate of drug-likeness (QED) is 0.901. The van der Waals surface area contributed by atoms with Crippen molar-refractivity contribution >= 4 is 11.0 Å². The second-order valence-electron chi connectivity index (χ2n) is 5.48. The molecule has 3 rings (SSSR count). The van der Waals surface area contributed by atoms with Crippen LogP contribution < -0.4 is 5.56 Å². The Morgan fingerprint density at radius 2 is 2.00 bits per heavy atom. The van der Waals surface area contributed by atoms with E-state index in [1.807, 2.05) is 24.3 Å². The Bertz CT molecular complexity index is 657. The molecule has 106 valence electrons. The van der Waals surface area contributed by atoms with E-state index < -0.39 is 0 Å². The summed E-state index contributed by atoms with van der Waals surface area (Å²) < 4.78 is 5.71. The van der Waals surface area contributed by atoms with Crippen LogP contribution in [-0.4, -0.2) is 40.2 Å². The number of aromatic amines is 1. The van der Waals surface area contributed by atoms with Gasteiger partial charge in [0.1, 0.15) is 5.69 Å². The van der Waals surface area contributed by atoms with Crippen molar-refractivity contribution in [2.75, 3.05) is 13.1 Å². The van der Waals surface area contributed by atoms with Crippen molar-refractivity contribution in [3.63, 3.8) is 0 Å². The van der Waals surface area contributed by atoms with Crippen LogP contribution in [0.4, 0.5) is 0 Å². The third-order valence-corrected chi connectivity index (χ3v) is 3.54. The minimum absolute atomic E-state index is 0.101. The molecule has 0 saturated carbocycles. The first-order chi connectivity index (χ1) is 9.61. The number of hydrogen-bond donors (Lipinski definition) is 1. The number of nitrogens with zero attached hydrogens (tertiary/aromatic N) is 2. The van der Waals surface area contributed by atoms with Crippen molar-refractivity contribution < 1.29 is 4.74 Å². The lowest BCUT2D eigenvalue weighted by atomic mass is 10.2. The number of para-hydroxylation sites is 2. The van der Waals surface area contributed by atoms with E-state index in [2.05, 4.69) is 28.7 Å². The molecular formula is C15H19N3O2. The summed E-state index contributed by atoms with van der Waals surface area (Å²) in [7, 11) is 0. The zero-order valence-corrected chi connectivity index (χ0v) is 11.8. The highest BCUT2D eigenvalue weighted by atomic mass is 16.5. The zero-order valence-electron chi connectivity index (χ0n) is 11.8. The summed E-state index contributed by atoms with van der Waals surface area (Å²) in [6.07, 6.45) is 0.386. The summed E-state index contributed by atoms with van der Waals surface area (Å²) >= 11 is 0. The van der Waals surface area contributed by atoms with Crippen LogP contribution >= 0.6 is 0 Å². The number of fused-ring (bicyclic) bond motifs is 1. The van der Waals surface area contributed by atoms with Gasteiger partial charge in [0.05, 0.1) is 23.2 Å². The highest BCUT2D eigenvalue weighted by molar-refractivity contribution is 5.73. The monoisotopic (exact) mass is 273 g/mol. The van der Waals surface area contributed by atoms with Crippen molar-refractivity contribution in [1.82, 2.24) is 14.9 Å². The molecule has 5 nitrogen and oxygen atoms in total. The number of morpholine rings is 1. The Labute approximate surface area is 117 Å². The molecule has 0 unspecified atom stereocenters. The average Bonchev–Trinajstić information content (AvgIpc) is 2.38. The molecule has 0 spiro atoms. The smallest absolute Gasteiger partial charge is 0.271 e. The first-order valence-electron chi connectivity index (χ1n) is 6.97. The van der Waals surface area contributed by atoms with Gasteiger partial charge in [0.25, 0.3) is 5.56 Å². The predicted molar refractivity (Wildman–Crippen MR) is 77.6 cm³/mol. The summed E-state index contributed by atoms with van der Waals surface area (Å²) in [6, 6.07) is 7.60. The fraction of sp³-hybridized carbons (Fsp3) is 0.467. The van der Waals surface area contributed by atoms with E-state index >= 15 is 0 Å². The lowest BCUT2D eigenvalue weighted by Gasteiger charge is -2.34. The van der Waals surface area contributed by atoms with Crippen LogP contribution in [0, 0.1) is 0 Å². The van der Waals surface area contributed by atoms with Gasteiger partial charge < -0.3 is 9.72 Å². The Morgan fingerprint density at radius 3 is 2.75 bits per heavy atom. The van der Waals surface area contributed by atoms with Crippen LogP contribution in [0.25, 0.3) is 11.0 Å². The number of nitrogens with one attached hydrogen (secondary N) is 1. The molecule has 2 heterocycles. The Hall–Kier alpha value is -1.72. The molecule has 1 aromatic heterocycles. The third kappa shape index (κ3) is 2.73. The molecule has 1 aromatic carbocycles. The average molecular weight is 273 g/mol. The van der Waals surface area contributed by atoms with Crippen molar-refractivity contribution in [3.8, 4) is 0 Å². The van der Waals surface area contributed by atoms with E-state index in [1.54, 1.807) is 0 Å². The lowest BCUT2D eigenvalue weighted by molar-refractivity contribution is -0.0708. The van der Waals surface area contributed by atoms with Crippen molar-refractivity contribution in [1.29, 1.82) is 0 Å². The van der Waals surface area contributed by atoms with Gasteiger partial charge in [0, 0.05) is 19.6 Å². The number of ether oxygens (including phenoxy) is 1. The minimum atomic E-state index is -0.101. The summed E-state index contributed by atoms with van der Waals surface area (Å²) in [4.78, 5) is 21.7. The van der Waals surface area contributed by atoms with E-state index in [0.717, 1.165) is 24.1 Å². The first kappa shape index (κ1) is 13.3. The van der Waals surface area contributed by atoms with Crippen molar-refractivity contribution in [2.45, 2.75) is 32.6 Å². The minimum Gasteiger partial charge on any atom is -0.373 e. The summed E-state index contributed by atoms with van der Waals surface area (Å²) in [6.45, 7) is 6.34. The lowest BCUT2D eigenvalue weighted by Crippen LogP contribution is -2.45. The predicted octanol–water partition coefficient (Wildman–Crippen LogP) is 1.53. The van der Waals surface area contributed by atoms with Crippen molar-refractivity contribution in [2.24, 2.45) is 0 Å². The molecule has 1 aliphatic heterocycles. The second-order valence-corrected chi connectivity index (χ2v) is 5.48. The van der Waals surface area contributed by atoms with Crippen LogP contribution in [0.2, 0.25) is 0 Å². The first-order valence-corrected chi connectivity index (χ1v) is 6.97. The van der Waals surface area contributed by atoms with Gasteiger partial charge >= 0.3 is 0 Å². The number of benzene rings is 1. The van der Waals surface area contributed by atoms with Crippen LogP contribution in [-0.2, 0) is 11.3 Å². The molecule has 20 heavy (non-hydrogen) atoms. The third-order valence-electron chi connectivity index (χ3n) is 3.54. The molecule has 1 fully saturated rings. The molecule has 0 bridgehead atoms. The fourth-order valence-corrected chi connectivity index (χ4v) is 2.80. The molecule has 0 aliphatic carbocycles. The summed E-state index contributed by atoms with van der Waals surface area (Å²) in [5, 5.41) is 0. The summed E-state index contributed by atoms with van der Waals surface area (Å²) in [5.74, 6) is 0. The van der Waals surface area contributed by atoms with E-state index in [0.29, 0.717) is 12.2 Å². The van der Waals surface area contributed by atoms with Gasteiger partial charge in [0.15, 0.2) is 0 Å². The molecule has 1 N–H and O–H groups in total. The van der Waals surface area contributed by atoms with Gasteiger partial charge in [-0.3, -0.25) is 9.69 Å². The highest BCUT2D eigenvalue weighted by Gasteiger charge is 2.23. The van der Waals surface area contributed by atoms with Gasteiger partial charge in [-0.05, 0) is 26.0 Å². The van der Waals surface area contributed by atoms with Crippen LogP contribution in [0.5, 0.6) is 0 Å². The van der Waals surface area contributed by atoms with Crippen molar-refractivity contribution in [3.05, 3.63) is 40.3 Å². The molecule has 2 aromatic rings. The zero-order chi connectivity index (χ0) is 14.1. The molecule has 0 radical (unpaired) electrons. The molecule has 2 atom stereocenters. The number of aromatic nitrogens is 2. The largest absolute Gasteiger partial charge is 0.373 e. The number of H-pyrrole nitrogens is 1. The maximum atomic E-state index is 12.1. The SMILES string of the molecule is C[C@@H]1CN(Cc2nc3ccccc3[nH]c2=O)C[C@@H](C)O1. The second kappa shape index (κ2) is 5.34. The van der Waals surface area contributed by atoms with Gasteiger partial charge in [-0.2, -0.15) is 0 Å². The van der Waals surface area contributed by atoms with Gasteiger partial charge in [-0.15, -0.1) is 0 Å². The summed E-state index contributed by atoms with van der Waals surface area (Å²) in [5.41, 5.74) is 2.09. The van der Waals surface area contributed by atoms with E-state index in [4.69, 9.17) is 4.74 Å². The maximum absolute atomic E-state index is 12.1. The molecule has 1 aliphatic rings. The Balaban J connectivity index is 1.87. The fourth-order valence-electron chi connectivity index (χ4n) is 2.80. The highest BCUT2D eigenvalue weighted by Crippen LogP contribution is 2.13. The molecular weight excluding hydrogens is 254 g/mol. The van der Waals surface area contributed by atoms with Crippen LogP contribution in [0.15, 0.2) is 29.1 Å². The molecule has 5 heteroatoms. The number of rotatable bonds is 2. The Morgan fingerprint density at radius 1 is 1.30 bits per heavy atom. The van der Waals surface area contributed by atoms with Gasteiger partial charge in [-0.1, -0.05) is 12.1 Å². The van der Waals surface area contributed by atoms with Gasteiger partial charge in [-0.25, -0.2) is 4.98 Å². The van der Waals surface area contributed by atoms with E-state index in [1.165, 1.54) is 0 Å². The standard InChI is InChI=1S/C15H19N3O2/c1-10-7-18(8-11(2)20-10)9-14-15(19)17-13-6-4-3-5-12(13)16-14/h3-6,10-11H,7-9H2,1-2H3,(H,17,19)/t10-,11-/m1/s1. The molecule has 0 amide bonds. The van der Waals surface area contributed by atoms with Crippen LogP contribution in [0.3, 0.4) is 0 Å². The van der Waals surface area contributed by atoms with E-state index in [-0.39, 0.29) is 17.8 Å². The van der Waals surface area contributed by atoms with Gasteiger partial charge in [0.2, 0.25) is 0 Å².